The summed E-state index contributed by atoms with van der Waals surface area (Å²) in [5.74, 6) is 0. The standard InChI is InChI=1S/C19H17NO/c1-3-5-16-17(21-18-6-4-13-20-19(16)18)12-11-15-9-7-14(2)8-10-15/h3-10,12-13H,1,11H2,2H3/b16-5+,17-12+. The van der Waals surface area contributed by atoms with Crippen molar-refractivity contribution in [2.75, 3.05) is 0 Å². The quantitative estimate of drug-likeness (QED) is 0.734. The highest BCUT2D eigenvalue weighted by atomic mass is 16.3. The van der Waals surface area contributed by atoms with Crippen molar-refractivity contribution in [3.05, 3.63) is 77.0 Å². The Kier molecular flexibility index (Phi) is 3.69. The molecule has 2 nitrogen and oxygen atoms in total. The summed E-state index contributed by atoms with van der Waals surface area (Å²) >= 11 is 0. The number of fused-ring (bicyclic) bond motifs is 1. The summed E-state index contributed by atoms with van der Waals surface area (Å²) in [6.45, 7) is 5.87. The van der Waals surface area contributed by atoms with Crippen molar-refractivity contribution in [3.63, 3.8) is 0 Å². The van der Waals surface area contributed by atoms with Crippen LogP contribution in [-0.4, -0.2) is 4.98 Å². The molecule has 2 heteroatoms. The number of aryl methyl sites for hydroxylation is 1. The maximum Gasteiger partial charge on any atom is 0.153 e. The van der Waals surface area contributed by atoms with Crippen LogP contribution < -0.4 is 10.6 Å². The molecule has 0 saturated heterocycles. The molecule has 0 amide bonds. The van der Waals surface area contributed by atoms with Gasteiger partial charge in [0.05, 0.1) is 0 Å². The molecule has 21 heavy (non-hydrogen) atoms. The average Bonchev–Trinajstić information content (AvgIpc) is 2.85. The number of nitrogens with zero attached hydrogens (tertiary/aromatic N) is 1. The van der Waals surface area contributed by atoms with Crippen LogP contribution in [0, 0.1) is 6.92 Å². The van der Waals surface area contributed by atoms with Crippen LogP contribution in [0.1, 0.15) is 11.1 Å². The minimum atomic E-state index is 0.806. The Morgan fingerprint density at radius 1 is 1.19 bits per heavy atom. The van der Waals surface area contributed by atoms with Crippen molar-refractivity contribution in [1.82, 2.24) is 4.98 Å². The zero-order valence-corrected chi connectivity index (χ0v) is 12.0. The first kappa shape index (κ1) is 13.4. The van der Waals surface area contributed by atoms with E-state index in [2.05, 4.69) is 48.8 Å². The molecule has 0 spiro atoms. The molecule has 0 aliphatic rings. The number of pyridine rings is 1. The molecule has 0 N–H and O–H groups in total. The molecule has 2 heterocycles. The highest BCUT2D eigenvalue weighted by Crippen LogP contribution is 2.06. The van der Waals surface area contributed by atoms with Crippen molar-refractivity contribution in [2.45, 2.75) is 13.3 Å². The van der Waals surface area contributed by atoms with Gasteiger partial charge < -0.3 is 4.42 Å². The molecule has 0 fully saturated rings. The second kappa shape index (κ2) is 5.80. The second-order valence-electron chi connectivity index (χ2n) is 5.03. The molecule has 0 saturated carbocycles. The number of hydrogen-bond acceptors (Lipinski definition) is 2. The molecule has 0 radical (unpaired) electrons. The normalized spacial score (nSPS) is 13.0. The summed E-state index contributed by atoms with van der Waals surface area (Å²) in [4.78, 5) is 4.39. The van der Waals surface area contributed by atoms with Crippen molar-refractivity contribution in [3.8, 4) is 0 Å². The monoisotopic (exact) mass is 275 g/mol. The van der Waals surface area contributed by atoms with Gasteiger partial charge in [0.1, 0.15) is 10.9 Å². The van der Waals surface area contributed by atoms with Gasteiger partial charge in [0.15, 0.2) is 5.58 Å². The fourth-order valence-corrected chi connectivity index (χ4v) is 2.33. The van der Waals surface area contributed by atoms with E-state index in [-0.39, 0.29) is 0 Å². The van der Waals surface area contributed by atoms with Gasteiger partial charge in [-0.3, -0.25) is 4.98 Å². The van der Waals surface area contributed by atoms with E-state index in [4.69, 9.17) is 4.42 Å². The summed E-state index contributed by atoms with van der Waals surface area (Å²) in [6.07, 6.45) is 8.42. The number of hydrogen-bond donors (Lipinski definition) is 0. The third-order valence-corrected chi connectivity index (χ3v) is 3.44. The highest BCUT2D eigenvalue weighted by Gasteiger charge is 2.02. The lowest BCUT2D eigenvalue weighted by Crippen LogP contribution is -2.20. The van der Waals surface area contributed by atoms with Gasteiger partial charge >= 0.3 is 0 Å². The Hall–Kier alpha value is -2.61. The topological polar surface area (TPSA) is 26.0 Å². The van der Waals surface area contributed by atoms with E-state index < -0.39 is 0 Å². The summed E-state index contributed by atoms with van der Waals surface area (Å²) < 4.78 is 5.90. The molecule has 0 bridgehead atoms. The van der Waals surface area contributed by atoms with E-state index in [9.17, 15) is 0 Å². The Balaban J connectivity index is 2.09. The molecule has 1 aromatic carbocycles. The number of aromatic nitrogens is 1. The van der Waals surface area contributed by atoms with Crippen LogP contribution in [0.25, 0.3) is 23.3 Å². The van der Waals surface area contributed by atoms with E-state index in [0.717, 1.165) is 28.2 Å². The first-order valence-electron chi connectivity index (χ1n) is 7.00. The summed E-state index contributed by atoms with van der Waals surface area (Å²) in [7, 11) is 0. The number of rotatable bonds is 3. The van der Waals surface area contributed by atoms with Gasteiger partial charge in [-0.15, -0.1) is 0 Å². The SMILES string of the molecule is C=C/C=c1\c(=C/Cc2ccc(C)cc2)oc2cccnc12. The fraction of sp³-hybridized carbons (Fsp3) is 0.105. The lowest BCUT2D eigenvalue weighted by atomic mass is 10.1. The molecular weight excluding hydrogens is 258 g/mol. The van der Waals surface area contributed by atoms with Gasteiger partial charge in [0.25, 0.3) is 0 Å². The first-order valence-corrected chi connectivity index (χ1v) is 7.00. The molecule has 0 atom stereocenters. The number of benzene rings is 1. The molecule has 0 aliphatic carbocycles. The molecule has 0 unspecified atom stereocenters. The van der Waals surface area contributed by atoms with E-state index >= 15 is 0 Å². The third kappa shape index (κ3) is 2.79. The van der Waals surface area contributed by atoms with Gasteiger partial charge in [0, 0.05) is 11.4 Å². The highest BCUT2D eigenvalue weighted by molar-refractivity contribution is 5.74. The second-order valence-corrected chi connectivity index (χ2v) is 5.03. The summed E-state index contributed by atoms with van der Waals surface area (Å²) in [5.41, 5.74) is 5.07. The smallest absolute Gasteiger partial charge is 0.153 e. The van der Waals surface area contributed by atoms with Crippen LogP contribution >= 0.6 is 0 Å². The zero-order chi connectivity index (χ0) is 14.7. The van der Waals surface area contributed by atoms with Crippen molar-refractivity contribution < 1.29 is 4.42 Å². The van der Waals surface area contributed by atoms with Gasteiger partial charge in [-0.1, -0.05) is 42.5 Å². The largest absolute Gasteiger partial charge is 0.455 e. The maximum atomic E-state index is 5.90. The van der Waals surface area contributed by atoms with E-state index in [1.807, 2.05) is 18.2 Å². The molecule has 104 valence electrons. The van der Waals surface area contributed by atoms with Gasteiger partial charge in [-0.25, -0.2) is 0 Å². The van der Waals surface area contributed by atoms with Gasteiger partial charge in [-0.2, -0.15) is 0 Å². The molecular formula is C19H17NO. The maximum absolute atomic E-state index is 5.90. The van der Waals surface area contributed by atoms with E-state index in [1.165, 1.54) is 11.1 Å². The minimum Gasteiger partial charge on any atom is -0.455 e. The van der Waals surface area contributed by atoms with Crippen LogP contribution in [0.3, 0.4) is 0 Å². The average molecular weight is 275 g/mol. The van der Waals surface area contributed by atoms with Crippen molar-refractivity contribution in [1.29, 1.82) is 0 Å². The minimum absolute atomic E-state index is 0.806. The first-order chi connectivity index (χ1) is 10.3. The van der Waals surface area contributed by atoms with Crippen LogP contribution in [0.4, 0.5) is 0 Å². The molecule has 3 aromatic rings. The lowest BCUT2D eigenvalue weighted by molar-refractivity contribution is 0.574. The molecule has 0 aliphatic heterocycles. The summed E-state index contributed by atoms with van der Waals surface area (Å²) in [6, 6.07) is 12.4. The van der Waals surface area contributed by atoms with Crippen LogP contribution in [-0.2, 0) is 6.42 Å². The van der Waals surface area contributed by atoms with E-state index in [0.29, 0.717) is 0 Å². The van der Waals surface area contributed by atoms with Crippen LogP contribution in [0.5, 0.6) is 0 Å². The Labute approximate surface area is 123 Å². The zero-order valence-electron chi connectivity index (χ0n) is 12.0. The van der Waals surface area contributed by atoms with Gasteiger partial charge in [-0.05, 0) is 43.2 Å². The van der Waals surface area contributed by atoms with Crippen molar-refractivity contribution >= 4 is 23.3 Å². The van der Waals surface area contributed by atoms with Crippen LogP contribution in [0.2, 0.25) is 0 Å². The lowest BCUT2D eigenvalue weighted by Gasteiger charge is -1.96. The van der Waals surface area contributed by atoms with Gasteiger partial charge in [0.2, 0.25) is 0 Å². The van der Waals surface area contributed by atoms with E-state index in [1.54, 1.807) is 12.3 Å². The number of allylic oxidation sites excluding steroid dienone is 1. The molecule has 3 rings (SSSR count). The van der Waals surface area contributed by atoms with Crippen molar-refractivity contribution in [2.24, 2.45) is 0 Å². The Morgan fingerprint density at radius 3 is 2.76 bits per heavy atom. The Morgan fingerprint density at radius 2 is 2.00 bits per heavy atom. The molecule has 2 aromatic heterocycles. The third-order valence-electron chi connectivity index (χ3n) is 3.44. The van der Waals surface area contributed by atoms with Crippen LogP contribution in [0.15, 0.2) is 59.7 Å². The predicted octanol–water partition coefficient (Wildman–Crippen LogP) is 3.13. The Bertz CT molecular complexity index is 885. The predicted molar refractivity (Wildman–Crippen MR) is 87.3 cm³/mol. The summed E-state index contributed by atoms with van der Waals surface area (Å²) in [5, 5.41) is 0.993. The fourth-order valence-electron chi connectivity index (χ4n) is 2.33. The number of furan rings is 1.